The van der Waals surface area contributed by atoms with Crippen LogP contribution in [0, 0.1) is 0 Å². The van der Waals surface area contributed by atoms with Crippen LogP contribution in [-0.4, -0.2) is 85.3 Å². The Morgan fingerprint density at radius 3 is 2.83 bits per heavy atom. The van der Waals surface area contributed by atoms with Crippen molar-refractivity contribution in [3.63, 3.8) is 0 Å². The zero-order valence-electron chi connectivity index (χ0n) is 15.1. The van der Waals surface area contributed by atoms with Crippen LogP contribution < -0.4 is 10.6 Å². The fourth-order valence-electron chi connectivity index (χ4n) is 4.06. The summed E-state index contributed by atoms with van der Waals surface area (Å²) < 4.78 is 5.55. The molecule has 0 bridgehead atoms. The summed E-state index contributed by atoms with van der Waals surface area (Å²) in [5.74, 6) is 3.46. The van der Waals surface area contributed by atoms with E-state index >= 15 is 0 Å². The number of nitrogens with one attached hydrogen (secondary N) is 2. The Morgan fingerprint density at radius 1 is 1.38 bits per heavy atom. The Kier molecular flexibility index (Phi) is 7.01. The van der Waals surface area contributed by atoms with Crippen molar-refractivity contribution < 1.29 is 4.74 Å². The number of nitrogens with zero attached hydrogens (tertiary/aromatic N) is 2. The topological polar surface area (TPSA) is 48.9 Å². The highest BCUT2D eigenvalue weighted by molar-refractivity contribution is 7.99. The molecular weight excluding hydrogens is 340 g/mol. The standard InChI is InChI=1S/C17H32N4OS2/c1-18-16(20-14-3-4-15(11-14)23-2)19-12-17(5-10-24-13-17)21-6-8-22-9-7-21/h14-15H,3-13H2,1-2H3,(H2,18,19,20). The minimum absolute atomic E-state index is 0.267. The van der Waals surface area contributed by atoms with Gasteiger partial charge in [0.1, 0.15) is 0 Å². The molecular formula is C17H32N4OS2. The second-order valence-corrected chi connectivity index (χ2v) is 9.31. The van der Waals surface area contributed by atoms with Crippen LogP contribution in [0.5, 0.6) is 0 Å². The maximum absolute atomic E-state index is 5.55. The van der Waals surface area contributed by atoms with E-state index in [1.807, 2.05) is 18.8 Å². The molecule has 2 aliphatic heterocycles. The number of thioether (sulfide) groups is 2. The second kappa shape index (κ2) is 9.01. The second-order valence-electron chi connectivity index (χ2n) is 7.06. The summed E-state index contributed by atoms with van der Waals surface area (Å²) in [7, 11) is 1.89. The van der Waals surface area contributed by atoms with Crippen LogP contribution >= 0.6 is 23.5 Å². The number of morpholine rings is 1. The normalized spacial score (nSPS) is 35.3. The number of ether oxygens (including phenoxy) is 1. The summed E-state index contributed by atoms with van der Waals surface area (Å²) in [6.07, 6.45) is 7.33. The monoisotopic (exact) mass is 372 g/mol. The van der Waals surface area contributed by atoms with E-state index in [9.17, 15) is 0 Å². The quantitative estimate of drug-likeness (QED) is 0.565. The number of hydrogen-bond acceptors (Lipinski definition) is 5. The summed E-state index contributed by atoms with van der Waals surface area (Å²) in [4.78, 5) is 7.13. The van der Waals surface area contributed by atoms with Gasteiger partial charge in [-0.3, -0.25) is 9.89 Å². The first-order valence-corrected chi connectivity index (χ1v) is 11.6. The predicted octanol–water partition coefficient (Wildman–Crippen LogP) is 1.64. The van der Waals surface area contributed by atoms with Crippen molar-refractivity contribution in [3.8, 4) is 0 Å². The fourth-order valence-corrected chi connectivity index (χ4v) is 6.33. The molecule has 3 atom stereocenters. The van der Waals surface area contributed by atoms with Gasteiger partial charge < -0.3 is 15.4 Å². The molecule has 0 aromatic heterocycles. The van der Waals surface area contributed by atoms with Crippen LogP contribution in [0.15, 0.2) is 4.99 Å². The molecule has 138 valence electrons. The van der Waals surface area contributed by atoms with E-state index in [2.05, 4.69) is 38.5 Å². The van der Waals surface area contributed by atoms with Crippen LogP contribution in [0.1, 0.15) is 25.7 Å². The van der Waals surface area contributed by atoms with E-state index in [1.54, 1.807) is 0 Å². The Bertz CT molecular complexity index is 423. The fraction of sp³-hybridized carbons (Fsp3) is 0.941. The highest BCUT2D eigenvalue weighted by atomic mass is 32.2. The minimum atomic E-state index is 0.267. The molecule has 1 saturated carbocycles. The number of rotatable bonds is 5. The smallest absolute Gasteiger partial charge is 0.191 e. The Hall–Kier alpha value is -0.110. The molecule has 2 N–H and O–H groups in total. The van der Waals surface area contributed by atoms with Crippen molar-refractivity contribution in [2.75, 3.05) is 57.7 Å². The molecule has 0 amide bonds. The lowest BCUT2D eigenvalue weighted by Gasteiger charge is -2.43. The van der Waals surface area contributed by atoms with Crippen LogP contribution in [0.3, 0.4) is 0 Å². The summed E-state index contributed by atoms with van der Waals surface area (Å²) in [5.41, 5.74) is 0.267. The van der Waals surface area contributed by atoms with Gasteiger partial charge in [-0.2, -0.15) is 23.5 Å². The molecule has 5 nitrogen and oxygen atoms in total. The number of guanidine groups is 1. The van der Waals surface area contributed by atoms with E-state index in [4.69, 9.17) is 4.74 Å². The predicted molar refractivity (Wildman–Crippen MR) is 107 cm³/mol. The molecule has 3 fully saturated rings. The van der Waals surface area contributed by atoms with Gasteiger partial charge in [-0.05, 0) is 37.7 Å². The van der Waals surface area contributed by atoms with Gasteiger partial charge >= 0.3 is 0 Å². The minimum Gasteiger partial charge on any atom is -0.379 e. The molecule has 0 spiro atoms. The molecule has 0 aromatic rings. The van der Waals surface area contributed by atoms with Crippen molar-refractivity contribution in [1.82, 2.24) is 15.5 Å². The van der Waals surface area contributed by atoms with E-state index in [0.29, 0.717) is 6.04 Å². The average molecular weight is 373 g/mol. The van der Waals surface area contributed by atoms with Gasteiger partial charge in [0, 0.05) is 49.3 Å². The van der Waals surface area contributed by atoms with Crippen LogP contribution in [-0.2, 0) is 4.74 Å². The largest absolute Gasteiger partial charge is 0.379 e. The molecule has 0 radical (unpaired) electrons. The number of hydrogen-bond donors (Lipinski definition) is 2. The van der Waals surface area contributed by atoms with E-state index in [-0.39, 0.29) is 5.54 Å². The molecule has 3 unspecified atom stereocenters. The zero-order valence-corrected chi connectivity index (χ0v) is 16.7. The lowest BCUT2D eigenvalue weighted by atomic mass is 9.95. The molecule has 0 aromatic carbocycles. The summed E-state index contributed by atoms with van der Waals surface area (Å²) in [6.45, 7) is 4.85. The lowest BCUT2D eigenvalue weighted by molar-refractivity contribution is -0.0120. The summed E-state index contributed by atoms with van der Waals surface area (Å²) in [5, 5.41) is 8.11. The first-order chi connectivity index (χ1) is 11.8. The highest BCUT2D eigenvalue weighted by Gasteiger charge is 2.40. The molecule has 2 saturated heterocycles. The van der Waals surface area contributed by atoms with Gasteiger partial charge in [0.05, 0.1) is 13.2 Å². The Morgan fingerprint density at radius 2 is 2.21 bits per heavy atom. The maximum atomic E-state index is 5.55. The van der Waals surface area contributed by atoms with Crippen molar-refractivity contribution in [3.05, 3.63) is 0 Å². The third-order valence-electron chi connectivity index (χ3n) is 5.63. The van der Waals surface area contributed by atoms with Gasteiger partial charge in [-0.25, -0.2) is 0 Å². The van der Waals surface area contributed by atoms with E-state index in [0.717, 1.165) is 44.1 Å². The molecule has 1 aliphatic carbocycles. The van der Waals surface area contributed by atoms with Crippen molar-refractivity contribution in [1.29, 1.82) is 0 Å². The molecule has 7 heteroatoms. The first kappa shape index (κ1) is 18.7. The lowest BCUT2D eigenvalue weighted by Crippen LogP contribution is -2.60. The Balaban J connectivity index is 1.53. The van der Waals surface area contributed by atoms with Gasteiger partial charge in [-0.1, -0.05) is 0 Å². The molecule has 2 heterocycles. The summed E-state index contributed by atoms with van der Waals surface area (Å²) in [6, 6.07) is 0.575. The Labute approximate surface area is 155 Å². The van der Waals surface area contributed by atoms with E-state index in [1.165, 1.54) is 37.2 Å². The van der Waals surface area contributed by atoms with Crippen LogP contribution in [0.4, 0.5) is 0 Å². The zero-order chi connectivity index (χ0) is 16.8. The molecule has 3 rings (SSSR count). The van der Waals surface area contributed by atoms with Crippen molar-refractivity contribution in [2.24, 2.45) is 4.99 Å². The average Bonchev–Trinajstić information content (AvgIpc) is 3.29. The van der Waals surface area contributed by atoms with Gasteiger partial charge in [0.15, 0.2) is 5.96 Å². The SMILES string of the molecule is CN=C(NCC1(N2CCOCC2)CCSC1)NC1CCC(SC)C1. The third kappa shape index (κ3) is 4.54. The van der Waals surface area contributed by atoms with E-state index < -0.39 is 0 Å². The third-order valence-corrected chi connectivity index (χ3v) is 7.96. The molecule has 24 heavy (non-hydrogen) atoms. The maximum Gasteiger partial charge on any atom is 0.191 e. The highest BCUT2D eigenvalue weighted by Crippen LogP contribution is 2.33. The summed E-state index contributed by atoms with van der Waals surface area (Å²) >= 11 is 4.09. The van der Waals surface area contributed by atoms with Crippen LogP contribution in [0.25, 0.3) is 0 Å². The van der Waals surface area contributed by atoms with Gasteiger partial charge in [-0.15, -0.1) is 0 Å². The van der Waals surface area contributed by atoms with Gasteiger partial charge in [0.25, 0.3) is 0 Å². The van der Waals surface area contributed by atoms with Crippen molar-refractivity contribution >= 4 is 29.5 Å². The van der Waals surface area contributed by atoms with Crippen LogP contribution in [0.2, 0.25) is 0 Å². The molecule has 3 aliphatic rings. The number of aliphatic imine (C=N–C) groups is 1. The first-order valence-electron chi connectivity index (χ1n) is 9.16. The van der Waals surface area contributed by atoms with Crippen molar-refractivity contribution in [2.45, 2.75) is 42.5 Å². The van der Waals surface area contributed by atoms with Gasteiger partial charge in [0.2, 0.25) is 0 Å².